The Balaban J connectivity index is 2.21. The molecule has 1 fully saturated rings. The molecule has 0 bridgehead atoms. The van der Waals surface area contributed by atoms with Crippen LogP contribution in [0.2, 0.25) is 0 Å². The van der Waals surface area contributed by atoms with Crippen LogP contribution in [0.4, 0.5) is 4.79 Å². The Kier molecular flexibility index (Phi) is 5.25. The summed E-state index contributed by atoms with van der Waals surface area (Å²) in [6.07, 6.45) is 4.86. The van der Waals surface area contributed by atoms with Crippen molar-refractivity contribution in [1.82, 2.24) is 10.6 Å². The first-order chi connectivity index (χ1) is 8.00. The van der Waals surface area contributed by atoms with Gasteiger partial charge >= 0.3 is 12.0 Å². The van der Waals surface area contributed by atoms with Gasteiger partial charge in [0.1, 0.15) is 0 Å². The number of hydrogen-bond donors (Lipinski definition) is 3. The Morgan fingerprint density at radius 1 is 1.29 bits per heavy atom. The molecule has 1 aliphatic carbocycles. The van der Waals surface area contributed by atoms with Crippen molar-refractivity contribution >= 4 is 12.0 Å². The van der Waals surface area contributed by atoms with E-state index < -0.39 is 11.9 Å². The topological polar surface area (TPSA) is 78.4 Å². The molecule has 0 spiro atoms. The van der Waals surface area contributed by atoms with Crippen LogP contribution >= 0.6 is 0 Å². The van der Waals surface area contributed by atoms with Crippen LogP contribution < -0.4 is 10.6 Å². The molecule has 2 atom stereocenters. The lowest BCUT2D eigenvalue weighted by Gasteiger charge is -2.19. The van der Waals surface area contributed by atoms with Gasteiger partial charge in [0.25, 0.3) is 0 Å². The molecule has 0 aromatic carbocycles. The zero-order chi connectivity index (χ0) is 12.8. The molecule has 1 rings (SSSR count). The molecule has 5 heteroatoms. The van der Waals surface area contributed by atoms with Crippen LogP contribution in [0.5, 0.6) is 0 Å². The molecule has 0 aromatic heterocycles. The molecule has 0 aromatic rings. The molecule has 3 N–H and O–H groups in total. The van der Waals surface area contributed by atoms with E-state index in [9.17, 15) is 9.59 Å². The zero-order valence-electron chi connectivity index (χ0n) is 10.5. The Morgan fingerprint density at radius 2 is 1.88 bits per heavy atom. The summed E-state index contributed by atoms with van der Waals surface area (Å²) in [5, 5.41) is 14.3. The standard InChI is InChI=1S/C12H22N2O3/c1-8(11(15)16)9(2)14-12(17)13-7-10-5-3-4-6-10/h8-10H,3-7H2,1-2H3,(H,15,16)(H2,13,14,17). The first-order valence-electron chi connectivity index (χ1n) is 6.28. The van der Waals surface area contributed by atoms with Crippen LogP contribution in [-0.2, 0) is 4.79 Å². The Labute approximate surface area is 102 Å². The molecular formula is C12H22N2O3. The van der Waals surface area contributed by atoms with E-state index in [1.807, 2.05) is 0 Å². The van der Waals surface area contributed by atoms with Gasteiger partial charge in [-0.1, -0.05) is 12.8 Å². The summed E-state index contributed by atoms with van der Waals surface area (Å²) in [5.74, 6) is -0.881. The van der Waals surface area contributed by atoms with Crippen molar-refractivity contribution in [3.8, 4) is 0 Å². The second kappa shape index (κ2) is 6.47. The number of carbonyl (C=O) groups excluding carboxylic acids is 1. The summed E-state index contributed by atoms with van der Waals surface area (Å²) in [6.45, 7) is 3.98. The highest BCUT2D eigenvalue weighted by atomic mass is 16.4. The number of rotatable bonds is 5. The lowest BCUT2D eigenvalue weighted by Crippen LogP contribution is -2.46. The monoisotopic (exact) mass is 242 g/mol. The van der Waals surface area contributed by atoms with Gasteiger partial charge in [-0.15, -0.1) is 0 Å². The van der Waals surface area contributed by atoms with Gasteiger partial charge in [0, 0.05) is 12.6 Å². The first-order valence-corrected chi connectivity index (χ1v) is 6.28. The van der Waals surface area contributed by atoms with Gasteiger partial charge in [0.15, 0.2) is 0 Å². The third kappa shape index (κ3) is 4.63. The number of amides is 2. The fourth-order valence-corrected chi connectivity index (χ4v) is 2.05. The van der Waals surface area contributed by atoms with Gasteiger partial charge in [-0.3, -0.25) is 4.79 Å². The first kappa shape index (κ1) is 13.8. The number of nitrogens with one attached hydrogen (secondary N) is 2. The molecule has 1 aliphatic rings. The van der Waals surface area contributed by atoms with Crippen LogP contribution in [0.3, 0.4) is 0 Å². The summed E-state index contributed by atoms with van der Waals surface area (Å²) < 4.78 is 0. The minimum atomic E-state index is -0.895. The van der Waals surface area contributed by atoms with Crippen molar-refractivity contribution in [2.75, 3.05) is 6.54 Å². The lowest BCUT2D eigenvalue weighted by atomic mass is 10.0. The molecule has 0 saturated heterocycles. The van der Waals surface area contributed by atoms with Crippen molar-refractivity contribution in [2.45, 2.75) is 45.6 Å². The Hall–Kier alpha value is -1.26. The van der Waals surface area contributed by atoms with Gasteiger partial charge in [-0.05, 0) is 32.6 Å². The van der Waals surface area contributed by atoms with E-state index in [4.69, 9.17) is 5.11 Å². The number of aliphatic carboxylic acids is 1. The largest absolute Gasteiger partial charge is 0.481 e. The van der Waals surface area contributed by atoms with Crippen LogP contribution in [0.25, 0.3) is 0 Å². The summed E-state index contributed by atoms with van der Waals surface area (Å²) in [6, 6.07) is -0.631. The van der Waals surface area contributed by atoms with E-state index in [-0.39, 0.29) is 12.1 Å². The minimum absolute atomic E-state index is 0.266. The molecule has 98 valence electrons. The van der Waals surface area contributed by atoms with Gasteiger partial charge < -0.3 is 15.7 Å². The van der Waals surface area contributed by atoms with E-state index in [0.717, 1.165) is 0 Å². The SMILES string of the molecule is CC(NC(=O)NCC1CCCC1)C(C)C(=O)O. The van der Waals surface area contributed by atoms with Crippen LogP contribution in [-0.4, -0.2) is 29.7 Å². The molecular weight excluding hydrogens is 220 g/mol. The maximum Gasteiger partial charge on any atom is 0.315 e. The highest BCUT2D eigenvalue weighted by Gasteiger charge is 2.21. The highest BCUT2D eigenvalue weighted by Crippen LogP contribution is 2.23. The number of urea groups is 1. The predicted molar refractivity (Wildman–Crippen MR) is 64.8 cm³/mol. The van der Waals surface area contributed by atoms with Crippen molar-refractivity contribution < 1.29 is 14.7 Å². The molecule has 0 aliphatic heterocycles. The third-order valence-corrected chi connectivity index (χ3v) is 3.52. The predicted octanol–water partition coefficient (Wildman–Crippen LogP) is 1.58. The van der Waals surface area contributed by atoms with Crippen molar-refractivity contribution in [3.63, 3.8) is 0 Å². The van der Waals surface area contributed by atoms with Gasteiger partial charge in [0.2, 0.25) is 0 Å². The fraction of sp³-hybridized carbons (Fsp3) is 0.833. The third-order valence-electron chi connectivity index (χ3n) is 3.52. The second-order valence-electron chi connectivity index (χ2n) is 4.92. The normalized spacial score (nSPS) is 19.6. The number of carbonyl (C=O) groups is 2. The van der Waals surface area contributed by atoms with E-state index >= 15 is 0 Å². The van der Waals surface area contributed by atoms with Gasteiger partial charge in [-0.25, -0.2) is 4.79 Å². The summed E-state index contributed by atoms with van der Waals surface area (Å²) in [5.41, 5.74) is 0. The molecule has 0 heterocycles. The van der Waals surface area contributed by atoms with Crippen molar-refractivity contribution in [2.24, 2.45) is 11.8 Å². The molecule has 17 heavy (non-hydrogen) atoms. The number of hydrogen-bond acceptors (Lipinski definition) is 2. The van der Waals surface area contributed by atoms with Crippen LogP contribution in [0.1, 0.15) is 39.5 Å². The van der Waals surface area contributed by atoms with E-state index in [1.165, 1.54) is 25.7 Å². The molecule has 2 amide bonds. The van der Waals surface area contributed by atoms with Crippen molar-refractivity contribution in [1.29, 1.82) is 0 Å². The zero-order valence-corrected chi connectivity index (χ0v) is 10.5. The second-order valence-corrected chi connectivity index (χ2v) is 4.92. The lowest BCUT2D eigenvalue weighted by molar-refractivity contribution is -0.141. The van der Waals surface area contributed by atoms with Gasteiger partial charge in [0.05, 0.1) is 5.92 Å². The maximum atomic E-state index is 11.5. The highest BCUT2D eigenvalue weighted by molar-refractivity contribution is 5.76. The Bertz CT molecular complexity index is 275. The molecule has 0 radical (unpaired) electrons. The molecule has 5 nitrogen and oxygen atoms in total. The fourth-order valence-electron chi connectivity index (χ4n) is 2.05. The summed E-state index contributed by atoms with van der Waals surface area (Å²) in [4.78, 5) is 22.2. The summed E-state index contributed by atoms with van der Waals surface area (Å²) in [7, 11) is 0. The van der Waals surface area contributed by atoms with Crippen LogP contribution in [0.15, 0.2) is 0 Å². The van der Waals surface area contributed by atoms with E-state index in [0.29, 0.717) is 12.5 Å². The average molecular weight is 242 g/mol. The maximum absolute atomic E-state index is 11.5. The molecule has 1 saturated carbocycles. The smallest absolute Gasteiger partial charge is 0.315 e. The van der Waals surface area contributed by atoms with E-state index in [1.54, 1.807) is 13.8 Å². The minimum Gasteiger partial charge on any atom is -0.481 e. The van der Waals surface area contributed by atoms with Crippen LogP contribution in [0, 0.1) is 11.8 Å². The number of carboxylic acid groups (broad SMARTS) is 1. The van der Waals surface area contributed by atoms with E-state index in [2.05, 4.69) is 10.6 Å². The number of carboxylic acids is 1. The summed E-state index contributed by atoms with van der Waals surface area (Å²) >= 11 is 0. The average Bonchev–Trinajstić information content (AvgIpc) is 2.77. The quantitative estimate of drug-likeness (QED) is 0.685. The Morgan fingerprint density at radius 3 is 2.41 bits per heavy atom. The van der Waals surface area contributed by atoms with Gasteiger partial charge in [-0.2, -0.15) is 0 Å². The molecule has 2 unspecified atom stereocenters. The van der Waals surface area contributed by atoms with Crippen molar-refractivity contribution in [3.05, 3.63) is 0 Å².